The van der Waals surface area contributed by atoms with Crippen LogP contribution in [0.2, 0.25) is 0 Å². The monoisotopic (exact) mass is 477 g/mol. The Morgan fingerprint density at radius 1 is 0.913 bits per heavy atom. The summed E-state index contributed by atoms with van der Waals surface area (Å²) in [5.74, 6) is -0.508. The first-order valence-corrected chi connectivity index (χ1v) is 9.43. The van der Waals surface area contributed by atoms with Gasteiger partial charge in [0.2, 0.25) is 0 Å². The van der Waals surface area contributed by atoms with Crippen LogP contribution in [0.15, 0.2) is 38.7 Å². The lowest BCUT2D eigenvalue weighted by atomic mass is 10.3. The molecular weight excluding hydrogens is 472 g/mol. The molecule has 0 aliphatic rings. The van der Waals surface area contributed by atoms with Crippen LogP contribution in [0.3, 0.4) is 0 Å². The average molecular weight is 479 g/mol. The molecule has 0 spiro atoms. The van der Waals surface area contributed by atoms with Crippen molar-refractivity contribution in [1.29, 1.82) is 0 Å². The van der Waals surface area contributed by atoms with E-state index in [1.807, 2.05) is 0 Å². The predicted molar refractivity (Wildman–Crippen MR) is 99.0 cm³/mol. The third-order valence-electron chi connectivity index (χ3n) is 2.86. The fraction of sp³-hybridized carbons (Fsp3) is 0. The molecule has 2 aromatic heterocycles. The first-order valence-electron chi connectivity index (χ1n) is 6.14. The molecule has 0 bridgehead atoms. The normalized spacial score (nSPS) is 10.8. The topological polar surface area (TPSA) is 51.8 Å². The maximum atomic E-state index is 13.3. The van der Waals surface area contributed by atoms with E-state index in [-0.39, 0.29) is 11.6 Å². The Labute approximate surface area is 154 Å². The van der Waals surface area contributed by atoms with Gasteiger partial charge in [0.25, 0.3) is 0 Å². The lowest BCUT2D eigenvalue weighted by Gasteiger charge is -1.92. The summed E-state index contributed by atoms with van der Waals surface area (Å²) in [6.45, 7) is 0. The number of fused-ring (bicyclic) bond motifs is 2. The molecule has 0 radical (unpaired) electrons. The molecule has 2 aromatic carbocycles. The first-order chi connectivity index (χ1) is 11.0. The Morgan fingerprint density at radius 2 is 1.52 bits per heavy atom. The molecule has 0 aliphatic heterocycles. The highest BCUT2D eigenvalue weighted by atomic mass is 79.9. The van der Waals surface area contributed by atoms with Gasteiger partial charge in [-0.25, -0.2) is 18.7 Å². The Kier molecular flexibility index (Phi) is 4.90. The van der Waals surface area contributed by atoms with E-state index in [0.717, 1.165) is 16.9 Å². The molecule has 0 fully saturated rings. The van der Waals surface area contributed by atoms with Crippen molar-refractivity contribution >= 4 is 80.1 Å². The standard InChI is InChI=1S/C7H4BrFN2S.C7H3BrFNS/c8-3-1-2-4-6(5(3)9)12-7(10)11-4;8-4-1-2-5-7(6(4)9)11-3-10-5/h1-2H,(H2,10,11);1-3H. The number of halogens is 4. The third-order valence-corrected chi connectivity index (χ3v) is 5.81. The molecule has 0 saturated heterocycles. The largest absolute Gasteiger partial charge is 0.375 e. The number of hydrogen-bond donors (Lipinski definition) is 1. The van der Waals surface area contributed by atoms with Crippen molar-refractivity contribution in [2.45, 2.75) is 0 Å². The van der Waals surface area contributed by atoms with Crippen molar-refractivity contribution in [3.05, 3.63) is 50.4 Å². The number of anilines is 1. The van der Waals surface area contributed by atoms with Gasteiger partial charge in [-0.15, -0.1) is 11.3 Å². The van der Waals surface area contributed by atoms with Crippen molar-refractivity contribution in [2.75, 3.05) is 5.73 Å². The molecule has 2 N–H and O–H groups in total. The van der Waals surface area contributed by atoms with Gasteiger partial charge >= 0.3 is 0 Å². The van der Waals surface area contributed by atoms with Crippen LogP contribution in [0.25, 0.3) is 20.4 Å². The minimum absolute atomic E-state index is 0.218. The molecule has 0 amide bonds. The van der Waals surface area contributed by atoms with E-state index in [9.17, 15) is 8.78 Å². The molecule has 0 atom stereocenters. The summed E-state index contributed by atoms with van der Waals surface area (Å²) in [6, 6.07) is 6.81. The van der Waals surface area contributed by atoms with Gasteiger partial charge < -0.3 is 5.73 Å². The summed E-state index contributed by atoms with van der Waals surface area (Å²) < 4.78 is 28.5. The molecule has 3 nitrogen and oxygen atoms in total. The Hall–Kier alpha value is -1.16. The number of benzene rings is 2. The number of hydrogen-bond acceptors (Lipinski definition) is 5. The molecular formula is C14H7Br2F2N3S2. The minimum atomic E-state index is -0.290. The van der Waals surface area contributed by atoms with Gasteiger partial charge in [-0.3, -0.25) is 0 Å². The minimum Gasteiger partial charge on any atom is -0.375 e. The van der Waals surface area contributed by atoms with Crippen molar-refractivity contribution in [1.82, 2.24) is 9.97 Å². The molecule has 4 aromatic rings. The number of aromatic nitrogens is 2. The van der Waals surface area contributed by atoms with Gasteiger partial charge in [-0.05, 0) is 56.1 Å². The summed E-state index contributed by atoms with van der Waals surface area (Å²) in [4.78, 5) is 7.93. The van der Waals surface area contributed by atoms with E-state index < -0.39 is 0 Å². The number of nitrogens with zero attached hydrogens (tertiary/aromatic N) is 2. The van der Waals surface area contributed by atoms with Gasteiger partial charge in [-0.2, -0.15) is 0 Å². The van der Waals surface area contributed by atoms with Crippen LogP contribution in [0, 0.1) is 11.6 Å². The second-order valence-corrected chi connectivity index (χ2v) is 7.92. The lowest BCUT2D eigenvalue weighted by Crippen LogP contribution is -1.79. The van der Waals surface area contributed by atoms with Crippen LogP contribution in [0.1, 0.15) is 0 Å². The molecule has 0 saturated carbocycles. The molecule has 4 rings (SSSR count). The summed E-state index contributed by atoms with van der Waals surface area (Å²) in [5.41, 5.74) is 8.40. The molecule has 0 aliphatic carbocycles. The van der Waals surface area contributed by atoms with Gasteiger partial charge in [0, 0.05) is 0 Å². The van der Waals surface area contributed by atoms with Gasteiger partial charge in [0.05, 0.1) is 34.9 Å². The van der Waals surface area contributed by atoms with Crippen molar-refractivity contribution in [2.24, 2.45) is 0 Å². The smallest absolute Gasteiger partial charge is 0.181 e. The number of rotatable bonds is 0. The zero-order chi connectivity index (χ0) is 16.6. The van der Waals surface area contributed by atoms with E-state index in [0.29, 0.717) is 29.0 Å². The second kappa shape index (κ2) is 6.76. The van der Waals surface area contributed by atoms with Crippen LogP contribution in [0.5, 0.6) is 0 Å². The maximum absolute atomic E-state index is 13.3. The zero-order valence-electron chi connectivity index (χ0n) is 11.2. The molecule has 2 heterocycles. The molecule has 9 heteroatoms. The number of thiazole rings is 2. The summed E-state index contributed by atoms with van der Waals surface area (Å²) >= 11 is 8.66. The quantitative estimate of drug-likeness (QED) is 0.338. The van der Waals surface area contributed by atoms with Crippen molar-refractivity contribution < 1.29 is 8.78 Å². The molecule has 0 unspecified atom stereocenters. The Balaban J connectivity index is 0.000000136. The number of nitrogens with two attached hydrogens (primary N) is 1. The highest BCUT2D eigenvalue weighted by Gasteiger charge is 2.09. The zero-order valence-corrected chi connectivity index (χ0v) is 16.0. The highest BCUT2D eigenvalue weighted by Crippen LogP contribution is 2.30. The summed E-state index contributed by atoms with van der Waals surface area (Å²) in [6.07, 6.45) is 0. The fourth-order valence-electron chi connectivity index (χ4n) is 1.82. The van der Waals surface area contributed by atoms with E-state index in [2.05, 4.69) is 41.8 Å². The van der Waals surface area contributed by atoms with Crippen molar-refractivity contribution in [3.8, 4) is 0 Å². The second-order valence-electron chi connectivity index (χ2n) is 4.32. The van der Waals surface area contributed by atoms with Crippen LogP contribution in [-0.4, -0.2) is 9.97 Å². The lowest BCUT2D eigenvalue weighted by molar-refractivity contribution is 0.634. The maximum Gasteiger partial charge on any atom is 0.181 e. The van der Waals surface area contributed by atoms with Gasteiger partial charge in [0.1, 0.15) is 0 Å². The van der Waals surface area contributed by atoms with Crippen LogP contribution in [0.4, 0.5) is 13.9 Å². The SMILES string of the molecule is Fc1c(Br)ccc2ncsc12.Nc1nc2ccc(Br)c(F)c2s1. The Bertz CT molecular complexity index is 1000. The van der Waals surface area contributed by atoms with Gasteiger partial charge in [0.15, 0.2) is 16.8 Å². The fourth-order valence-corrected chi connectivity index (χ4v) is 4.25. The average Bonchev–Trinajstić information content (AvgIpc) is 3.14. The van der Waals surface area contributed by atoms with Gasteiger partial charge in [-0.1, -0.05) is 11.3 Å². The highest BCUT2D eigenvalue weighted by molar-refractivity contribution is 9.10. The van der Waals surface area contributed by atoms with E-state index in [1.54, 1.807) is 29.8 Å². The molecule has 118 valence electrons. The third kappa shape index (κ3) is 3.37. The van der Waals surface area contributed by atoms with Crippen molar-refractivity contribution in [3.63, 3.8) is 0 Å². The first kappa shape index (κ1) is 16.7. The molecule has 23 heavy (non-hydrogen) atoms. The van der Waals surface area contributed by atoms with E-state index >= 15 is 0 Å². The predicted octanol–water partition coefficient (Wildman–Crippen LogP) is 5.98. The van der Waals surface area contributed by atoms with Crippen LogP contribution in [-0.2, 0) is 0 Å². The summed E-state index contributed by atoms with van der Waals surface area (Å²) in [5, 5.41) is 0.391. The summed E-state index contributed by atoms with van der Waals surface area (Å²) in [7, 11) is 0. The van der Waals surface area contributed by atoms with Crippen LogP contribution < -0.4 is 5.73 Å². The van der Waals surface area contributed by atoms with E-state index in [1.165, 1.54) is 11.3 Å². The Morgan fingerprint density at radius 3 is 2.22 bits per heavy atom. The number of nitrogen functional groups attached to an aromatic ring is 1. The van der Waals surface area contributed by atoms with Crippen LogP contribution >= 0.6 is 54.5 Å². The van der Waals surface area contributed by atoms with E-state index in [4.69, 9.17) is 5.73 Å².